The normalized spacial score (nSPS) is 23.3. The van der Waals surface area contributed by atoms with Gasteiger partial charge in [0.2, 0.25) is 5.92 Å². The van der Waals surface area contributed by atoms with Gasteiger partial charge in [-0.2, -0.15) is 18.3 Å². The van der Waals surface area contributed by atoms with E-state index in [2.05, 4.69) is 35.3 Å². The minimum absolute atomic E-state index is 0.0374. The zero-order valence-corrected chi connectivity index (χ0v) is 21.5. The molecule has 0 unspecified atom stereocenters. The molecular weight excluding hydrogens is 561 g/mol. The Hall–Kier alpha value is -3.96. The first-order valence-electron chi connectivity index (χ1n) is 12.8. The Morgan fingerprint density at radius 1 is 1.20 bits per heavy atom. The molecule has 220 valence electrons. The van der Waals surface area contributed by atoms with E-state index in [-0.39, 0.29) is 67.5 Å². The van der Waals surface area contributed by atoms with Gasteiger partial charge in [0.25, 0.3) is 11.7 Å². The van der Waals surface area contributed by atoms with Gasteiger partial charge in [0, 0.05) is 12.8 Å². The zero-order valence-electron chi connectivity index (χ0n) is 21.5. The van der Waals surface area contributed by atoms with Crippen LogP contribution >= 0.6 is 0 Å². The third kappa shape index (κ3) is 4.82. The largest absolute Gasteiger partial charge is 0.410 e. The van der Waals surface area contributed by atoms with Gasteiger partial charge in [0.1, 0.15) is 17.3 Å². The molecule has 3 fully saturated rings. The first-order valence-corrected chi connectivity index (χ1v) is 12.8. The van der Waals surface area contributed by atoms with Crippen LogP contribution in [0.3, 0.4) is 0 Å². The predicted molar refractivity (Wildman–Crippen MR) is 125 cm³/mol. The molecule has 0 radical (unpaired) electrons. The number of hydrogen-bond donors (Lipinski definition) is 2. The number of alkyl halides is 5. The lowest BCUT2D eigenvalue weighted by molar-refractivity contribution is -0.161. The summed E-state index contributed by atoms with van der Waals surface area (Å²) in [6.45, 7) is 0.710. The molecule has 0 bridgehead atoms. The van der Waals surface area contributed by atoms with Crippen molar-refractivity contribution in [3.05, 3.63) is 35.2 Å². The second-order valence-corrected chi connectivity index (χ2v) is 10.6. The van der Waals surface area contributed by atoms with Crippen molar-refractivity contribution in [2.24, 2.45) is 5.92 Å². The van der Waals surface area contributed by atoms with E-state index < -0.39 is 54.1 Å². The monoisotopic (exact) mass is 585 g/mol. The average molecular weight is 585 g/mol. The Kier molecular flexibility index (Phi) is 6.35. The van der Waals surface area contributed by atoms with Gasteiger partial charge >= 0.3 is 12.2 Å². The third-order valence-electron chi connectivity index (χ3n) is 7.90. The molecule has 3 aromatic rings. The highest BCUT2D eigenvalue weighted by Gasteiger charge is 2.57. The zero-order chi connectivity index (χ0) is 29.2. The van der Waals surface area contributed by atoms with Crippen molar-refractivity contribution in [3.63, 3.8) is 0 Å². The van der Waals surface area contributed by atoms with Crippen LogP contribution in [-0.4, -0.2) is 84.6 Å². The lowest BCUT2D eigenvalue weighted by Crippen LogP contribution is -2.61. The fraction of sp³-hybridized carbons (Fsp3) is 0.609. The van der Waals surface area contributed by atoms with Crippen molar-refractivity contribution < 1.29 is 40.9 Å². The Morgan fingerprint density at radius 3 is 2.51 bits per heavy atom. The topological polar surface area (TPSA) is 153 Å². The Labute approximate surface area is 227 Å². The van der Waals surface area contributed by atoms with Crippen LogP contribution in [0.5, 0.6) is 0 Å². The summed E-state index contributed by atoms with van der Waals surface area (Å²) >= 11 is 0. The second kappa shape index (κ2) is 9.56. The molecule has 13 nitrogen and oxygen atoms in total. The molecule has 3 amide bonds. The first kappa shape index (κ1) is 27.2. The molecule has 1 aliphatic carbocycles. The molecule has 2 N–H and O–H groups in total. The summed E-state index contributed by atoms with van der Waals surface area (Å²) in [5.41, 5.74) is -0.647. The number of nitrogens with one attached hydrogen (secondary N) is 2. The molecule has 6 rings (SSSR count). The molecule has 5 heterocycles. The number of ether oxygens (including phenoxy) is 1. The van der Waals surface area contributed by atoms with Gasteiger partial charge in [-0.05, 0) is 30.8 Å². The molecule has 2 saturated heterocycles. The fourth-order valence-corrected chi connectivity index (χ4v) is 5.47. The number of fused-ring (bicyclic) bond motifs is 1. The van der Waals surface area contributed by atoms with Crippen LogP contribution in [0.4, 0.5) is 26.7 Å². The van der Waals surface area contributed by atoms with Gasteiger partial charge in [-0.15, -0.1) is 0 Å². The number of rotatable bonds is 6. The molecular formula is C23H24F5N9O4. The molecule has 18 heteroatoms. The van der Waals surface area contributed by atoms with Gasteiger partial charge in [-0.1, -0.05) is 5.16 Å². The van der Waals surface area contributed by atoms with E-state index in [0.29, 0.717) is 0 Å². The van der Waals surface area contributed by atoms with Crippen LogP contribution in [0, 0.1) is 12.8 Å². The number of urea groups is 1. The summed E-state index contributed by atoms with van der Waals surface area (Å²) in [6.07, 6.45) is -2.33. The summed E-state index contributed by atoms with van der Waals surface area (Å²) in [5.74, 6) is -3.80. The van der Waals surface area contributed by atoms with Crippen LogP contribution in [0.15, 0.2) is 17.0 Å². The number of amides is 3. The Bertz CT molecular complexity index is 1480. The summed E-state index contributed by atoms with van der Waals surface area (Å²) in [4.78, 5) is 35.5. The Morgan fingerprint density at radius 2 is 1.93 bits per heavy atom. The molecule has 2 aliphatic heterocycles. The van der Waals surface area contributed by atoms with Crippen molar-refractivity contribution in [1.82, 2.24) is 45.4 Å². The summed E-state index contributed by atoms with van der Waals surface area (Å²) < 4.78 is 79.0. The van der Waals surface area contributed by atoms with Crippen LogP contribution in [-0.2, 0) is 10.3 Å². The summed E-state index contributed by atoms with van der Waals surface area (Å²) in [7, 11) is 0. The fourth-order valence-electron chi connectivity index (χ4n) is 5.47. The number of imidazole rings is 1. The maximum absolute atomic E-state index is 13.9. The van der Waals surface area contributed by atoms with E-state index in [1.54, 1.807) is 0 Å². The number of carbonyl (C=O) groups excluding carboxylic acids is 2. The molecule has 0 spiro atoms. The number of aryl methyl sites for hydroxylation is 1. The van der Waals surface area contributed by atoms with Crippen molar-refractivity contribution in [2.75, 3.05) is 19.8 Å². The number of carbonyl (C=O) groups is 2. The van der Waals surface area contributed by atoms with Crippen LogP contribution in [0.1, 0.15) is 59.3 Å². The highest BCUT2D eigenvalue weighted by molar-refractivity contribution is 5.93. The van der Waals surface area contributed by atoms with E-state index in [4.69, 9.17) is 4.74 Å². The van der Waals surface area contributed by atoms with E-state index in [0.717, 1.165) is 4.90 Å². The quantitative estimate of drug-likeness (QED) is 0.415. The van der Waals surface area contributed by atoms with E-state index in [1.165, 1.54) is 23.8 Å². The smallest absolute Gasteiger partial charge is 0.376 e. The van der Waals surface area contributed by atoms with Gasteiger partial charge in [0.05, 0.1) is 49.6 Å². The molecule has 41 heavy (non-hydrogen) atoms. The molecule has 3 aromatic heterocycles. The SMILES string of the molecule is Cc1nonc1C(=O)N[C@H](c1cn2ncc(C3(N4C[C@@H](C(F)(F)F)NC4=O)COC3)nc2n1)C1CCC(F)(F)CC1. The number of hydrogen-bond acceptors (Lipinski definition) is 9. The van der Waals surface area contributed by atoms with Crippen LogP contribution in [0.25, 0.3) is 5.78 Å². The number of halogens is 5. The predicted octanol–water partition coefficient (Wildman–Crippen LogP) is 2.29. The molecule has 3 aliphatic rings. The van der Waals surface area contributed by atoms with Gasteiger partial charge in [-0.3, -0.25) is 4.79 Å². The maximum Gasteiger partial charge on any atom is 0.410 e. The van der Waals surface area contributed by atoms with Crippen LogP contribution < -0.4 is 10.6 Å². The highest BCUT2D eigenvalue weighted by atomic mass is 19.4. The first-order chi connectivity index (χ1) is 19.4. The van der Waals surface area contributed by atoms with Gasteiger partial charge < -0.3 is 20.3 Å². The standard InChI is InChI=1S/C23H24F5N9O4/c1-11-16(35-41-34-11)18(38)33-17(12-2-4-22(24,25)5-3-12)13-7-37-19(30-13)31-14(6-29-37)21(9-40-10-21)36-8-15(23(26,27)28)32-20(36)39/h6-7,12,15,17H,2-5,8-10H2,1H3,(H,32,39)(H,33,38)/t15-,17-/m0/s1. The molecule has 0 aromatic carbocycles. The third-order valence-corrected chi connectivity index (χ3v) is 7.90. The van der Waals surface area contributed by atoms with Crippen molar-refractivity contribution in [3.8, 4) is 0 Å². The lowest BCUT2D eigenvalue weighted by atomic mass is 9.81. The average Bonchev–Trinajstić information content (AvgIpc) is 3.60. The number of aromatic nitrogens is 6. The minimum Gasteiger partial charge on any atom is -0.376 e. The summed E-state index contributed by atoms with van der Waals surface area (Å²) in [6, 6.07) is -3.77. The van der Waals surface area contributed by atoms with Crippen molar-refractivity contribution in [2.45, 2.75) is 62.3 Å². The van der Waals surface area contributed by atoms with Gasteiger partial charge in [0.15, 0.2) is 5.69 Å². The minimum atomic E-state index is -4.63. The van der Waals surface area contributed by atoms with E-state index in [1.807, 2.05) is 5.32 Å². The van der Waals surface area contributed by atoms with Crippen LogP contribution in [0.2, 0.25) is 0 Å². The van der Waals surface area contributed by atoms with E-state index >= 15 is 0 Å². The Balaban J connectivity index is 1.31. The van der Waals surface area contributed by atoms with Crippen molar-refractivity contribution >= 4 is 17.7 Å². The molecule has 1 saturated carbocycles. The number of nitrogens with zero attached hydrogens (tertiary/aromatic N) is 7. The van der Waals surface area contributed by atoms with Crippen molar-refractivity contribution in [1.29, 1.82) is 0 Å². The molecule has 2 atom stereocenters. The lowest BCUT2D eigenvalue weighted by Gasteiger charge is -2.46. The second-order valence-electron chi connectivity index (χ2n) is 10.6. The van der Waals surface area contributed by atoms with Gasteiger partial charge in [-0.25, -0.2) is 32.7 Å². The van der Waals surface area contributed by atoms with E-state index in [9.17, 15) is 31.5 Å². The summed E-state index contributed by atoms with van der Waals surface area (Å²) in [5, 5.41) is 16.2. The maximum atomic E-state index is 13.9. The highest BCUT2D eigenvalue weighted by Crippen LogP contribution is 2.42.